The molecular weight excluding hydrogens is 136 g/mol. The maximum Gasteiger partial charge on any atom is 0.0132 e. The summed E-state index contributed by atoms with van der Waals surface area (Å²) in [5, 5.41) is 3.27. The summed E-state index contributed by atoms with van der Waals surface area (Å²) < 4.78 is 0. The van der Waals surface area contributed by atoms with Gasteiger partial charge in [0.15, 0.2) is 0 Å². The third kappa shape index (κ3) is 6.07. The average Bonchev–Trinajstić information content (AvgIpc) is 2.05. The summed E-state index contributed by atoms with van der Waals surface area (Å²) in [6, 6.07) is 0. The molecule has 0 amide bonds. The summed E-state index contributed by atoms with van der Waals surface area (Å²) in [5.41, 5.74) is 0. The van der Waals surface area contributed by atoms with Crippen molar-refractivity contribution in [2.24, 2.45) is 0 Å². The molecule has 66 valence electrons. The minimum absolute atomic E-state index is 0.918. The Hall–Kier alpha value is -0.340. The molecule has 1 N–H and O–H groups in total. The Morgan fingerprint density at radius 2 is 2.00 bits per heavy atom. The minimum Gasteiger partial charge on any atom is -0.312 e. The Kier molecular flexibility index (Phi) is 7.52. The van der Waals surface area contributed by atoms with Gasteiger partial charge in [0.25, 0.3) is 0 Å². The molecule has 0 aliphatic heterocycles. The second-order valence-corrected chi connectivity index (χ2v) is 2.52. The molecule has 0 rings (SSSR count). The Morgan fingerprint density at radius 3 is 2.45 bits per heavy atom. The third-order valence-corrected chi connectivity index (χ3v) is 1.79. The quantitative estimate of drug-likeness (QED) is 0.439. The lowest BCUT2D eigenvalue weighted by Crippen LogP contribution is -2.31. The van der Waals surface area contributed by atoms with Crippen molar-refractivity contribution in [1.82, 2.24) is 10.2 Å². The average molecular weight is 156 g/mol. The molecule has 0 aromatic heterocycles. The van der Waals surface area contributed by atoms with Crippen LogP contribution in [0.4, 0.5) is 0 Å². The number of nitrogens with zero attached hydrogens (tertiary/aromatic N) is 1. The van der Waals surface area contributed by atoms with E-state index in [1.54, 1.807) is 0 Å². The third-order valence-electron chi connectivity index (χ3n) is 1.79. The molecule has 0 saturated heterocycles. The second-order valence-electron chi connectivity index (χ2n) is 2.52. The maximum atomic E-state index is 3.64. The van der Waals surface area contributed by atoms with Crippen LogP contribution in [-0.4, -0.2) is 37.6 Å². The Balaban J connectivity index is 3.13. The first kappa shape index (κ1) is 10.7. The van der Waals surface area contributed by atoms with Crippen molar-refractivity contribution in [3.05, 3.63) is 12.7 Å². The van der Waals surface area contributed by atoms with Gasteiger partial charge >= 0.3 is 0 Å². The monoisotopic (exact) mass is 156 g/mol. The molecule has 2 nitrogen and oxygen atoms in total. The number of nitrogens with one attached hydrogen (secondary N) is 1. The van der Waals surface area contributed by atoms with Gasteiger partial charge in [-0.25, -0.2) is 0 Å². The van der Waals surface area contributed by atoms with Gasteiger partial charge in [0.05, 0.1) is 0 Å². The first-order chi connectivity index (χ1) is 5.35. The summed E-state index contributed by atoms with van der Waals surface area (Å²) in [5.74, 6) is 0. The van der Waals surface area contributed by atoms with Crippen LogP contribution in [0, 0.1) is 0 Å². The molecule has 0 aromatic rings. The normalized spacial score (nSPS) is 10.5. The van der Waals surface area contributed by atoms with Crippen molar-refractivity contribution < 1.29 is 0 Å². The summed E-state index contributed by atoms with van der Waals surface area (Å²) in [7, 11) is 0. The Labute approximate surface area is 70.3 Å². The van der Waals surface area contributed by atoms with Gasteiger partial charge in [0.2, 0.25) is 0 Å². The number of hydrogen-bond acceptors (Lipinski definition) is 2. The smallest absolute Gasteiger partial charge is 0.0132 e. The van der Waals surface area contributed by atoms with Crippen molar-refractivity contribution >= 4 is 0 Å². The lowest BCUT2D eigenvalue weighted by molar-refractivity contribution is 0.304. The molecule has 0 unspecified atom stereocenters. The standard InChI is InChI=1S/C9H20N2/c1-4-7-10-8-9-11(5-2)6-3/h4,10H,1,5-9H2,2-3H3. The van der Waals surface area contributed by atoms with Gasteiger partial charge < -0.3 is 10.2 Å². The molecule has 0 spiro atoms. The second kappa shape index (κ2) is 7.76. The minimum atomic E-state index is 0.918. The number of hydrogen-bond donors (Lipinski definition) is 1. The van der Waals surface area contributed by atoms with Gasteiger partial charge in [-0.3, -0.25) is 0 Å². The van der Waals surface area contributed by atoms with Crippen LogP contribution >= 0.6 is 0 Å². The first-order valence-corrected chi connectivity index (χ1v) is 4.39. The molecule has 0 radical (unpaired) electrons. The van der Waals surface area contributed by atoms with E-state index in [-0.39, 0.29) is 0 Å². The van der Waals surface area contributed by atoms with Crippen molar-refractivity contribution in [1.29, 1.82) is 0 Å². The molecule has 0 saturated carbocycles. The number of likely N-dealkylation sites (N-methyl/N-ethyl adjacent to an activating group) is 1. The van der Waals surface area contributed by atoms with Crippen LogP contribution in [0.2, 0.25) is 0 Å². The van der Waals surface area contributed by atoms with Gasteiger partial charge in [0, 0.05) is 19.6 Å². The molecule has 0 atom stereocenters. The summed E-state index contributed by atoms with van der Waals surface area (Å²) in [6.07, 6.45) is 1.89. The van der Waals surface area contributed by atoms with E-state index in [0.29, 0.717) is 0 Å². The fraction of sp³-hybridized carbons (Fsp3) is 0.778. The van der Waals surface area contributed by atoms with Crippen LogP contribution in [-0.2, 0) is 0 Å². The number of rotatable bonds is 7. The van der Waals surface area contributed by atoms with Gasteiger partial charge in [-0.2, -0.15) is 0 Å². The van der Waals surface area contributed by atoms with Crippen molar-refractivity contribution in [2.75, 3.05) is 32.7 Å². The van der Waals surface area contributed by atoms with Crippen LogP contribution in [0.25, 0.3) is 0 Å². The first-order valence-electron chi connectivity index (χ1n) is 4.39. The summed E-state index contributed by atoms with van der Waals surface area (Å²) >= 11 is 0. The van der Waals surface area contributed by atoms with Crippen molar-refractivity contribution in [3.8, 4) is 0 Å². The van der Waals surface area contributed by atoms with E-state index in [0.717, 1.165) is 32.7 Å². The highest BCUT2D eigenvalue weighted by molar-refractivity contribution is 4.69. The van der Waals surface area contributed by atoms with Gasteiger partial charge in [-0.1, -0.05) is 19.9 Å². The zero-order chi connectivity index (χ0) is 8.53. The van der Waals surface area contributed by atoms with E-state index in [9.17, 15) is 0 Å². The van der Waals surface area contributed by atoms with Crippen LogP contribution in [0.3, 0.4) is 0 Å². The molecular formula is C9H20N2. The fourth-order valence-corrected chi connectivity index (χ4v) is 0.981. The fourth-order valence-electron chi connectivity index (χ4n) is 0.981. The van der Waals surface area contributed by atoms with E-state index in [1.165, 1.54) is 0 Å². The van der Waals surface area contributed by atoms with Crippen LogP contribution in [0.1, 0.15) is 13.8 Å². The predicted octanol–water partition coefficient (Wildman–Crippen LogP) is 1.10. The van der Waals surface area contributed by atoms with Crippen molar-refractivity contribution in [3.63, 3.8) is 0 Å². The highest BCUT2D eigenvalue weighted by atomic mass is 15.1. The van der Waals surface area contributed by atoms with Gasteiger partial charge in [-0.05, 0) is 13.1 Å². The molecule has 11 heavy (non-hydrogen) atoms. The van der Waals surface area contributed by atoms with Gasteiger partial charge in [0.1, 0.15) is 0 Å². The van der Waals surface area contributed by atoms with Crippen LogP contribution in [0.5, 0.6) is 0 Å². The zero-order valence-electron chi connectivity index (χ0n) is 7.77. The van der Waals surface area contributed by atoms with E-state index in [4.69, 9.17) is 0 Å². The van der Waals surface area contributed by atoms with E-state index >= 15 is 0 Å². The molecule has 0 aliphatic carbocycles. The maximum absolute atomic E-state index is 3.64. The molecule has 0 aromatic carbocycles. The molecule has 0 fully saturated rings. The highest BCUT2D eigenvalue weighted by Gasteiger charge is 1.95. The van der Waals surface area contributed by atoms with Gasteiger partial charge in [-0.15, -0.1) is 6.58 Å². The Bertz CT molecular complexity index is 87.6. The zero-order valence-corrected chi connectivity index (χ0v) is 7.77. The molecule has 0 aliphatic rings. The Morgan fingerprint density at radius 1 is 1.36 bits per heavy atom. The lowest BCUT2D eigenvalue weighted by atomic mass is 10.4. The summed E-state index contributed by atoms with van der Waals surface area (Å²) in [4.78, 5) is 2.40. The van der Waals surface area contributed by atoms with Crippen molar-refractivity contribution in [2.45, 2.75) is 13.8 Å². The SMILES string of the molecule is C=CCNCCN(CC)CC. The van der Waals surface area contributed by atoms with Crippen LogP contribution < -0.4 is 5.32 Å². The van der Waals surface area contributed by atoms with E-state index in [1.807, 2.05) is 6.08 Å². The molecule has 0 heterocycles. The summed E-state index contributed by atoms with van der Waals surface area (Å²) in [6.45, 7) is 13.4. The lowest BCUT2D eigenvalue weighted by Gasteiger charge is -2.17. The molecule has 0 bridgehead atoms. The largest absolute Gasteiger partial charge is 0.312 e. The topological polar surface area (TPSA) is 15.3 Å². The van der Waals surface area contributed by atoms with E-state index in [2.05, 4.69) is 30.6 Å². The van der Waals surface area contributed by atoms with Crippen LogP contribution in [0.15, 0.2) is 12.7 Å². The van der Waals surface area contributed by atoms with E-state index < -0.39 is 0 Å². The predicted molar refractivity (Wildman–Crippen MR) is 50.9 cm³/mol. The highest BCUT2D eigenvalue weighted by Crippen LogP contribution is 1.83. The molecule has 2 heteroatoms.